The largest absolute Gasteiger partial charge is 0.497 e. The lowest BCUT2D eigenvalue weighted by atomic mass is 9.73. The zero-order valence-electron chi connectivity index (χ0n) is 21.5. The highest BCUT2D eigenvalue weighted by Crippen LogP contribution is 2.39. The summed E-state index contributed by atoms with van der Waals surface area (Å²) in [5.74, 6) is 0.381. The van der Waals surface area contributed by atoms with Gasteiger partial charge in [-0.3, -0.25) is 4.79 Å². The second kappa shape index (κ2) is 11.9. The van der Waals surface area contributed by atoms with Crippen molar-refractivity contribution in [2.75, 3.05) is 13.7 Å². The number of hydrogen-bond acceptors (Lipinski definition) is 4. The van der Waals surface area contributed by atoms with Crippen molar-refractivity contribution in [3.05, 3.63) is 95.6 Å². The van der Waals surface area contributed by atoms with Crippen molar-refractivity contribution in [3.63, 3.8) is 0 Å². The van der Waals surface area contributed by atoms with Crippen LogP contribution in [0.1, 0.15) is 48.3 Å². The minimum atomic E-state index is -3.71. The number of primary amides is 1. The zero-order chi connectivity index (χ0) is 26.4. The molecule has 0 aliphatic heterocycles. The van der Waals surface area contributed by atoms with Gasteiger partial charge in [0.15, 0.2) is 0 Å². The first-order valence-electron chi connectivity index (χ1n) is 12.8. The van der Waals surface area contributed by atoms with E-state index in [1.807, 2.05) is 61.5 Å². The Balaban J connectivity index is 1.50. The number of nitrogens with two attached hydrogens (primary N) is 1. The van der Waals surface area contributed by atoms with E-state index >= 15 is 0 Å². The Labute approximate surface area is 220 Å². The molecule has 0 saturated heterocycles. The van der Waals surface area contributed by atoms with Crippen LogP contribution in [0.15, 0.2) is 83.8 Å². The second-order valence-electron chi connectivity index (χ2n) is 10.0. The molecule has 1 atom stereocenters. The van der Waals surface area contributed by atoms with Crippen molar-refractivity contribution < 1.29 is 17.9 Å². The fraction of sp³-hybridized carbons (Fsp3) is 0.367. The molecule has 1 aliphatic rings. The molecule has 3 aromatic carbocycles. The second-order valence-corrected chi connectivity index (χ2v) is 12.0. The van der Waals surface area contributed by atoms with Crippen LogP contribution in [0.4, 0.5) is 0 Å². The third-order valence-electron chi connectivity index (χ3n) is 7.47. The smallest absolute Gasteiger partial charge is 0.243 e. The van der Waals surface area contributed by atoms with Gasteiger partial charge in [0.2, 0.25) is 15.9 Å². The average Bonchev–Trinajstić information content (AvgIpc) is 2.91. The van der Waals surface area contributed by atoms with Gasteiger partial charge in [0.05, 0.1) is 17.9 Å². The Hall–Kier alpha value is -3.16. The summed E-state index contributed by atoms with van der Waals surface area (Å²) >= 11 is 0. The monoisotopic (exact) mass is 520 g/mol. The fourth-order valence-corrected chi connectivity index (χ4v) is 6.87. The maximum absolute atomic E-state index is 13.7. The summed E-state index contributed by atoms with van der Waals surface area (Å²) in [7, 11) is -2.15. The minimum Gasteiger partial charge on any atom is -0.497 e. The Bertz CT molecular complexity index is 1270. The maximum Gasteiger partial charge on any atom is 0.243 e. The summed E-state index contributed by atoms with van der Waals surface area (Å²) in [4.78, 5) is 12.7. The summed E-state index contributed by atoms with van der Waals surface area (Å²) in [6.45, 7) is 2.76. The van der Waals surface area contributed by atoms with Crippen LogP contribution in [-0.2, 0) is 21.4 Å². The van der Waals surface area contributed by atoms with Crippen molar-refractivity contribution >= 4 is 15.9 Å². The number of sulfonamides is 1. The summed E-state index contributed by atoms with van der Waals surface area (Å²) in [6.07, 6.45) is 3.38. The average molecular weight is 521 g/mol. The molecule has 37 heavy (non-hydrogen) atoms. The first-order chi connectivity index (χ1) is 17.8. The molecule has 1 aliphatic carbocycles. The molecular formula is C30H36N2O4S. The summed E-state index contributed by atoms with van der Waals surface area (Å²) < 4.78 is 34.2. The molecule has 1 amide bonds. The SMILES string of the molecule is COc1ccc(S(=O)(=O)N(Cc2ccccc2)CC2CCC(C(C(N)=O)c3ccc(C)cc3)CC2)cc1. The lowest BCUT2D eigenvalue weighted by Crippen LogP contribution is -2.37. The Morgan fingerprint density at radius 2 is 1.57 bits per heavy atom. The minimum absolute atomic E-state index is 0.164. The van der Waals surface area contributed by atoms with Crippen molar-refractivity contribution in [2.24, 2.45) is 17.6 Å². The summed E-state index contributed by atoms with van der Waals surface area (Å²) in [6, 6.07) is 24.3. The van der Waals surface area contributed by atoms with Crippen LogP contribution >= 0.6 is 0 Å². The number of nitrogens with zero attached hydrogens (tertiary/aromatic N) is 1. The van der Waals surface area contributed by atoms with Gasteiger partial charge in [0.25, 0.3) is 0 Å². The molecule has 1 unspecified atom stereocenters. The fourth-order valence-electron chi connectivity index (χ4n) is 5.37. The zero-order valence-corrected chi connectivity index (χ0v) is 22.4. The number of ether oxygens (including phenoxy) is 1. The number of aryl methyl sites for hydroxylation is 1. The number of rotatable bonds is 10. The van der Waals surface area contributed by atoms with Gasteiger partial charge in [-0.2, -0.15) is 4.31 Å². The van der Waals surface area contributed by atoms with Crippen LogP contribution in [0.2, 0.25) is 0 Å². The van der Waals surface area contributed by atoms with Crippen molar-refractivity contribution in [2.45, 2.75) is 50.0 Å². The molecule has 1 saturated carbocycles. The highest BCUT2D eigenvalue weighted by Gasteiger charge is 2.34. The van der Waals surface area contributed by atoms with E-state index in [1.54, 1.807) is 35.7 Å². The molecule has 6 nitrogen and oxygen atoms in total. The van der Waals surface area contributed by atoms with E-state index in [1.165, 1.54) is 0 Å². The first kappa shape index (κ1) is 26.9. The van der Waals surface area contributed by atoms with Crippen LogP contribution < -0.4 is 10.5 Å². The Morgan fingerprint density at radius 3 is 2.14 bits per heavy atom. The maximum atomic E-state index is 13.7. The van der Waals surface area contributed by atoms with Crippen molar-refractivity contribution in [3.8, 4) is 5.75 Å². The Kier molecular flexibility index (Phi) is 8.67. The molecule has 0 spiro atoms. The van der Waals surface area contributed by atoms with Crippen LogP contribution in [0.3, 0.4) is 0 Å². The predicted molar refractivity (Wildman–Crippen MR) is 146 cm³/mol. The van der Waals surface area contributed by atoms with Crippen LogP contribution in [-0.4, -0.2) is 32.3 Å². The van der Waals surface area contributed by atoms with Gasteiger partial charge in [-0.1, -0.05) is 60.2 Å². The van der Waals surface area contributed by atoms with E-state index in [0.717, 1.165) is 42.4 Å². The third kappa shape index (κ3) is 6.59. The molecular weight excluding hydrogens is 484 g/mol. The normalized spacial score (nSPS) is 18.9. The van der Waals surface area contributed by atoms with Gasteiger partial charge < -0.3 is 10.5 Å². The van der Waals surface area contributed by atoms with E-state index in [-0.39, 0.29) is 28.6 Å². The lowest BCUT2D eigenvalue weighted by Gasteiger charge is -2.35. The van der Waals surface area contributed by atoms with Gasteiger partial charge in [0.1, 0.15) is 5.75 Å². The van der Waals surface area contributed by atoms with Crippen molar-refractivity contribution in [1.82, 2.24) is 4.31 Å². The van der Waals surface area contributed by atoms with Gasteiger partial charge in [-0.25, -0.2) is 8.42 Å². The highest BCUT2D eigenvalue weighted by atomic mass is 32.2. The topological polar surface area (TPSA) is 89.7 Å². The van der Waals surface area contributed by atoms with E-state index in [4.69, 9.17) is 10.5 Å². The van der Waals surface area contributed by atoms with Gasteiger partial charge >= 0.3 is 0 Å². The number of carbonyl (C=O) groups is 1. The van der Waals surface area contributed by atoms with Gasteiger partial charge in [-0.05, 0) is 79.8 Å². The molecule has 0 bridgehead atoms. The Morgan fingerprint density at radius 1 is 0.946 bits per heavy atom. The lowest BCUT2D eigenvalue weighted by molar-refractivity contribution is -0.121. The van der Waals surface area contributed by atoms with E-state index in [0.29, 0.717) is 18.8 Å². The number of benzene rings is 3. The van der Waals surface area contributed by atoms with Crippen LogP contribution in [0.5, 0.6) is 5.75 Å². The van der Waals surface area contributed by atoms with Gasteiger partial charge in [0, 0.05) is 13.1 Å². The quantitative estimate of drug-likeness (QED) is 0.394. The molecule has 0 radical (unpaired) electrons. The molecule has 4 rings (SSSR count). The first-order valence-corrected chi connectivity index (χ1v) is 14.3. The molecule has 2 N–H and O–H groups in total. The molecule has 196 valence electrons. The molecule has 1 fully saturated rings. The molecule has 7 heteroatoms. The van der Waals surface area contributed by atoms with Crippen LogP contribution in [0, 0.1) is 18.8 Å². The number of carbonyl (C=O) groups excluding carboxylic acids is 1. The number of methoxy groups -OCH3 is 1. The number of hydrogen-bond donors (Lipinski definition) is 1. The number of amides is 1. The standard InChI is InChI=1S/C30H36N2O4S/c1-22-8-12-25(13-9-22)29(30(31)33)26-14-10-24(11-15-26)21-32(20-23-6-4-3-5-7-23)37(34,35)28-18-16-27(36-2)17-19-28/h3-9,12-13,16-19,24,26,29H,10-11,14-15,20-21H2,1-2H3,(H2,31,33). The van der Waals surface area contributed by atoms with Crippen LogP contribution in [0.25, 0.3) is 0 Å². The molecule has 0 aromatic heterocycles. The predicted octanol–water partition coefficient (Wildman–Crippen LogP) is 5.27. The summed E-state index contributed by atoms with van der Waals surface area (Å²) in [5.41, 5.74) is 8.90. The van der Waals surface area contributed by atoms with E-state index in [9.17, 15) is 13.2 Å². The summed E-state index contributed by atoms with van der Waals surface area (Å²) in [5, 5.41) is 0. The molecule has 0 heterocycles. The highest BCUT2D eigenvalue weighted by molar-refractivity contribution is 7.89. The molecule has 3 aromatic rings. The third-order valence-corrected chi connectivity index (χ3v) is 9.29. The van der Waals surface area contributed by atoms with E-state index < -0.39 is 10.0 Å². The van der Waals surface area contributed by atoms with Gasteiger partial charge in [-0.15, -0.1) is 0 Å². The van der Waals surface area contributed by atoms with E-state index in [2.05, 4.69) is 0 Å². The van der Waals surface area contributed by atoms with Crippen molar-refractivity contribution in [1.29, 1.82) is 0 Å².